The van der Waals surface area contributed by atoms with Crippen molar-refractivity contribution in [1.82, 2.24) is 9.88 Å². The van der Waals surface area contributed by atoms with Gasteiger partial charge in [0.15, 0.2) is 11.3 Å². The third-order valence-electron chi connectivity index (χ3n) is 4.00. The van der Waals surface area contributed by atoms with Gasteiger partial charge < -0.3 is 30.0 Å². The number of hydrogen-bond acceptors (Lipinski definition) is 7. The Kier molecular flexibility index (Phi) is 11.6. The number of nitrogens with zero attached hydrogens (tertiary/aromatic N) is 2. The normalized spacial score (nSPS) is 15.7. The Bertz CT molecular complexity index is 732. The molecule has 1 aliphatic heterocycles. The van der Waals surface area contributed by atoms with Gasteiger partial charge in [0.25, 0.3) is 5.56 Å². The Hall–Kier alpha value is -2.43. The first-order valence-electron chi connectivity index (χ1n) is 9.19. The van der Waals surface area contributed by atoms with Crippen LogP contribution in [0.15, 0.2) is 28.3 Å². The molecule has 10 nitrogen and oxygen atoms in total. The maximum absolute atomic E-state index is 11.5. The van der Waals surface area contributed by atoms with E-state index in [1.54, 1.807) is 18.3 Å². The third kappa shape index (κ3) is 10.6. The van der Waals surface area contributed by atoms with Crippen LogP contribution in [0, 0.1) is 0 Å². The van der Waals surface area contributed by atoms with Crippen molar-refractivity contribution < 1.29 is 29.7 Å². The summed E-state index contributed by atoms with van der Waals surface area (Å²) < 4.78 is 0. The minimum atomic E-state index is -1.79. The highest BCUT2D eigenvalue weighted by Crippen LogP contribution is 2.08. The molecule has 0 radical (unpaired) electrons. The molecule has 0 saturated carbocycles. The molecular weight excluding hydrogens is 406 g/mol. The number of halogens is 1. The molecule has 2 rings (SSSR count). The minimum Gasteiger partial charge on any atom is -0.481 e. The summed E-state index contributed by atoms with van der Waals surface area (Å²) in [5.74, 6) is -2.85. The number of rotatable bonds is 9. The molecular formula is C18H26ClN3O7. The van der Waals surface area contributed by atoms with E-state index in [9.17, 15) is 14.4 Å². The number of carbonyl (C=O) groups is 2. The van der Waals surface area contributed by atoms with Crippen LogP contribution >= 0.6 is 11.6 Å². The van der Waals surface area contributed by atoms with E-state index in [1.807, 2.05) is 0 Å². The zero-order chi connectivity index (χ0) is 21.6. The van der Waals surface area contributed by atoms with Gasteiger partial charge in [-0.15, -0.1) is 0 Å². The maximum atomic E-state index is 11.5. The zero-order valence-corrected chi connectivity index (χ0v) is 16.7. The second-order valence-electron chi connectivity index (χ2n) is 6.34. The number of hydrogen-bond donors (Lipinski definition) is 4. The Balaban J connectivity index is 0.000000396. The number of aromatic amines is 1. The lowest BCUT2D eigenvalue weighted by Crippen LogP contribution is -2.31. The summed E-state index contributed by atoms with van der Waals surface area (Å²) >= 11 is 5.93. The smallest absolute Gasteiger partial charge is 0.333 e. The monoisotopic (exact) mass is 431 g/mol. The van der Waals surface area contributed by atoms with Crippen molar-refractivity contribution in [2.45, 2.75) is 38.2 Å². The van der Waals surface area contributed by atoms with Crippen molar-refractivity contribution in [3.63, 3.8) is 0 Å². The van der Waals surface area contributed by atoms with Crippen LogP contribution in [-0.4, -0.2) is 74.7 Å². The van der Waals surface area contributed by atoms with Gasteiger partial charge in [0.05, 0.1) is 12.0 Å². The van der Waals surface area contributed by atoms with E-state index in [0.29, 0.717) is 12.2 Å². The summed E-state index contributed by atoms with van der Waals surface area (Å²) in [5, 5.41) is 28.0. The first-order chi connectivity index (χ1) is 13.8. The van der Waals surface area contributed by atoms with Crippen molar-refractivity contribution >= 4 is 28.7 Å². The minimum absolute atomic E-state index is 0.0878. The lowest BCUT2D eigenvalue weighted by atomic mass is 10.1. The van der Waals surface area contributed by atoms with Crippen LogP contribution in [0.1, 0.15) is 37.7 Å². The molecule has 2 heterocycles. The number of oxime groups is 1. The number of aliphatic hydroxyl groups excluding tert-OH is 1. The Labute approximate surface area is 172 Å². The molecule has 1 aliphatic rings. The molecule has 0 spiro atoms. The molecule has 1 atom stereocenters. The SMILES string of the molecule is O=C(O)CC(O)C(=O)O.O=c1[nH]cccc1C(Cl)=NOCCCN1CCCCC1. The van der Waals surface area contributed by atoms with E-state index in [4.69, 9.17) is 31.8 Å². The number of carboxylic acid groups (broad SMARTS) is 2. The van der Waals surface area contributed by atoms with Crippen molar-refractivity contribution in [3.8, 4) is 0 Å². The van der Waals surface area contributed by atoms with E-state index >= 15 is 0 Å². The van der Waals surface area contributed by atoms with Crippen LogP contribution in [0.5, 0.6) is 0 Å². The predicted octanol–water partition coefficient (Wildman–Crippen LogP) is 1.07. The van der Waals surface area contributed by atoms with Gasteiger partial charge in [0, 0.05) is 12.7 Å². The number of piperidine rings is 1. The highest BCUT2D eigenvalue weighted by atomic mass is 35.5. The Morgan fingerprint density at radius 3 is 2.52 bits per heavy atom. The fourth-order valence-corrected chi connectivity index (χ4v) is 2.72. The van der Waals surface area contributed by atoms with Crippen molar-refractivity contribution in [2.75, 3.05) is 26.2 Å². The average molecular weight is 432 g/mol. The molecule has 1 aromatic heterocycles. The number of aliphatic carboxylic acids is 2. The molecule has 1 unspecified atom stereocenters. The molecule has 4 N–H and O–H groups in total. The topological polar surface area (TPSA) is 153 Å². The first-order valence-corrected chi connectivity index (χ1v) is 9.57. The Morgan fingerprint density at radius 2 is 1.97 bits per heavy atom. The van der Waals surface area contributed by atoms with Crippen LogP contribution in [0.25, 0.3) is 0 Å². The standard InChI is InChI=1S/C14H20ClN3O2.C4H6O5/c15-13(12-6-4-7-16-14(12)19)17-20-11-5-10-18-8-2-1-3-9-18;5-2(4(8)9)1-3(6)7/h4,6-7H,1-3,5,8-11H2,(H,16,19);2,5H,1H2,(H,6,7)(H,8,9). The van der Waals surface area contributed by atoms with Gasteiger partial charge in [-0.05, 0) is 44.5 Å². The lowest BCUT2D eigenvalue weighted by molar-refractivity contribution is -0.152. The average Bonchev–Trinajstić information content (AvgIpc) is 2.68. The van der Waals surface area contributed by atoms with Crippen molar-refractivity contribution in [1.29, 1.82) is 0 Å². The first kappa shape index (κ1) is 24.6. The van der Waals surface area contributed by atoms with Gasteiger partial charge in [-0.3, -0.25) is 9.59 Å². The third-order valence-corrected chi connectivity index (χ3v) is 4.27. The fraction of sp³-hybridized carbons (Fsp3) is 0.556. The van der Waals surface area contributed by atoms with E-state index in [2.05, 4.69) is 15.0 Å². The van der Waals surface area contributed by atoms with E-state index in [1.165, 1.54) is 32.4 Å². The van der Waals surface area contributed by atoms with E-state index in [-0.39, 0.29) is 10.7 Å². The fourth-order valence-electron chi connectivity index (χ4n) is 2.52. The summed E-state index contributed by atoms with van der Waals surface area (Å²) in [5.41, 5.74) is 0.0587. The molecule has 29 heavy (non-hydrogen) atoms. The second-order valence-corrected chi connectivity index (χ2v) is 6.69. The highest BCUT2D eigenvalue weighted by Gasteiger charge is 2.16. The number of aromatic nitrogens is 1. The van der Waals surface area contributed by atoms with Gasteiger partial charge >= 0.3 is 11.9 Å². The summed E-state index contributed by atoms with van der Waals surface area (Å²) in [7, 11) is 0. The van der Waals surface area contributed by atoms with Gasteiger partial charge in [-0.1, -0.05) is 23.2 Å². The van der Waals surface area contributed by atoms with Crippen molar-refractivity contribution in [2.24, 2.45) is 5.16 Å². The molecule has 0 aromatic carbocycles. The molecule has 1 aromatic rings. The summed E-state index contributed by atoms with van der Waals surface area (Å²) in [6.07, 6.45) is 3.85. The van der Waals surface area contributed by atoms with Crippen LogP contribution in [0.4, 0.5) is 0 Å². The van der Waals surface area contributed by atoms with Crippen LogP contribution < -0.4 is 5.56 Å². The summed E-state index contributed by atoms with van der Waals surface area (Å²) in [6.45, 7) is 3.91. The summed E-state index contributed by atoms with van der Waals surface area (Å²) in [6, 6.07) is 3.31. The predicted molar refractivity (Wildman–Crippen MR) is 106 cm³/mol. The van der Waals surface area contributed by atoms with Gasteiger partial charge in [-0.25, -0.2) is 4.79 Å². The number of carboxylic acids is 2. The highest BCUT2D eigenvalue weighted by molar-refractivity contribution is 6.69. The molecule has 11 heteroatoms. The van der Waals surface area contributed by atoms with Crippen LogP contribution in [0.3, 0.4) is 0 Å². The maximum Gasteiger partial charge on any atom is 0.333 e. The van der Waals surface area contributed by atoms with Crippen molar-refractivity contribution in [3.05, 3.63) is 34.2 Å². The van der Waals surface area contributed by atoms with Gasteiger partial charge in [-0.2, -0.15) is 0 Å². The molecule has 0 amide bonds. The molecule has 0 bridgehead atoms. The van der Waals surface area contributed by atoms with Crippen LogP contribution in [-0.2, 0) is 14.4 Å². The van der Waals surface area contributed by atoms with Gasteiger partial charge in [0.1, 0.15) is 6.61 Å². The number of nitrogens with one attached hydrogen (secondary N) is 1. The van der Waals surface area contributed by atoms with E-state index < -0.39 is 24.5 Å². The molecule has 1 fully saturated rings. The second kappa shape index (κ2) is 13.7. The number of H-pyrrole nitrogens is 1. The molecule has 162 valence electrons. The quantitative estimate of drug-likeness (QED) is 0.257. The molecule has 1 saturated heterocycles. The largest absolute Gasteiger partial charge is 0.481 e. The Morgan fingerprint density at radius 1 is 1.28 bits per heavy atom. The van der Waals surface area contributed by atoms with E-state index in [0.717, 1.165) is 13.0 Å². The zero-order valence-electron chi connectivity index (χ0n) is 15.9. The van der Waals surface area contributed by atoms with Crippen LogP contribution in [0.2, 0.25) is 0 Å². The number of aliphatic hydroxyl groups is 1. The summed E-state index contributed by atoms with van der Waals surface area (Å²) in [4.78, 5) is 41.0. The molecule has 0 aliphatic carbocycles. The van der Waals surface area contributed by atoms with Gasteiger partial charge in [0.2, 0.25) is 0 Å². The number of pyridine rings is 1. The number of likely N-dealkylation sites (tertiary alicyclic amines) is 1. The lowest BCUT2D eigenvalue weighted by Gasteiger charge is -2.25.